The third-order valence-electron chi connectivity index (χ3n) is 2.43. The van der Waals surface area contributed by atoms with E-state index in [1.807, 2.05) is 44.2 Å². The molecule has 1 aromatic carbocycles. The number of rotatable bonds is 4. The van der Waals surface area contributed by atoms with Gasteiger partial charge < -0.3 is 10.1 Å². The van der Waals surface area contributed by atoms with Crippen LogP contribution < -0.4 is 5.32 Å². The van der Waals surface area contributed by atoms with Crippen LogP contribution in [-0.2, 0) is 11.2 Å². The number of amides is 1. The van der Waals surface area contributed by atoms with Gasteiger partial charge in [0, 0.05) is 0 Å². The van der Waals surface area contributed by atoms with Crippen LogP contribution in [0.25, 0.3) is 0 Å². The Kier molecular flexibility index (Phi) is 5.77. The molecule has 0 aromatic heterocycles. The molecule has 0 spiro atoms. The molecule has 2 atom stereocenters. The molecule has 3 nitrogen and oxygen atoms in total. The van der Waals surface area contributed by atoms with Gasteiger partial charge in [0.2, 0.25) is 7.85 Å². The average Bonchev–Trinajstić information content (AvgIpc) is 3.15. The molecule has 1 aliphatic heterocycles. The molecule has 1 unspecified atom stereocenters. The normalized spacial score (nSPS) is 18.6. The minimum atomic E-state index is -0.494. The maximum atomic E-state index is 10.8. The molecule has 0 aliphatic carbocycles. The van der Waals surface area contributed by atoms with E-state index in [9.17, 15) is 4.79 Å². The lowest BCUT2D eigenvalue weighted by atomic mass is 10.0. The minimum absolute atomic E-state index is 0.00935. The fourth-order valence-electron chi connectivity index (χ4n) is 1.61. The number of carbonyl (C=O) groups excluding carboxylic acids is 1. The van der Waals surface area contributed by atoms with Gasteiger partial charge in [-0.2, -0.15) is 0 Å². The number of hydrogen-bond donors (Lipinski definition) is 1. The van der Waals surface area contributed by atoms with Crippen LogP contribution in [0.15, 0.2) is 30.3 Å². The summed E-state index contributed by atoms with van der Waals surface area (Å²) in [7, 11) is 5.11. The smallest absolute Gasteiger partial charge is 0.200 e. The van der Waals surface area contributed by atoms with Gasteiger partial charge in [-0.3, -0.25) is 4.79 Å². The van der Waals surface area contributed by atoms with Crippen molar-refractivity contribution in [2.45, 2.75) is 32.4 Å². The maximum Gasteiger partial charge on any atom is 0.200 e. The third-order valence-corrected chi connectivity index (χ3v) is 2.43. The van der Waals surface area contributed by atoms with E-state index in [0.29, 0.717) is 6.61 Å². The predicted octanol–water partition coefficient (Wildman–Crippen LogP) is 1.90. The summed E-state index contributed by atoms with van der Waals surface area (Å²) in [5.41, 5.74) is 1.17. The topological polar surface area (TPSA) is 41.6 Å². The molecular formula is C13H18BNO2. The predicted molar refractivity (Wildman–Crippen MR) is 69.3 cm³/mol. The van der Waals surface area contributed by atoms with Crippen LogP contribution in [0.5, 0.6) is 0 Å². The summed E-state index contributed by atoms with van der Waals surface area (Å²) in [4.78, 5) is 10.8. The molecule has 1 saturated heterocycles. The molecule has 90 valence electrons. The van der Waals surface area contributed by atoms with Gasteiger partial charge in [0.15, 0.2) is 5.81 Å². The molecule has 0 saturated carbocycles. The SMILES string of the molecule is CC.[B]C(=O)NC(Cc1ccccc1)[C@H]1CO1. The third kappa shape index (κ3) is 5.05. The second-order valence-electron chi connectivity index (χ2n) is 3.68. The van der Waals surface area contributed by atoms with Gasteiger partial charge >= 0.3 is 0 Å². The van der Waals surface area contributed by atoms with E-state index in [1.54, 1.807) is 0 Å². The molecular weight excluding hydrogens is 213 g/mol. The second-order valence-corrected chi connectivity index (χ2v) is 3.68. The molecule has 0 bridgehead atoms. The highest BCUT2D eigenvalue weighted by Gasteiger charge is 2.33. The van der Waals surface area contributed by atoms with Crippen molar-refractivity contribution in [3.63, 3.8) is 0 Å². The van der Waals surface area contributed by atoms with Crippen molar-refractivity contribution >= 4 is 13.7 Å². The summed E-state index contributed by atoms with van der Waals surface area (Å²) < 4.78 is 5.17. The number of nitrogens with one attached hydrogen (secondary N) is 1. The summed E-state index contributed by atoms with van der Waals surface area (Å²) >= 11 is 0. The van der Waals surface area contributed by atoms with E-state index in [-0.39, 0.29) is 12.1 Å². The Labute approximate surface area is 104 Å². The van der Waals surface area contributed by atoms with Crippen molar-refractivity contribution in [2.75, 3.05) is 6.61 Å². The number of epoxide rings is 1. The summed E-state index contributed by atoms with van der Waals surface area (Å²) in [5.74, 6) is -0.494. The molecule has 4 heteroatoms. The Hall–Kier alpha value is -1.29. The highest BCUT2D eigenvalue weighted by Crippen LogP contribution is 2.17. The molecule has 1 aromatic rings. The first-order valence-electron chi connectivity index (χ1n) is 5.97. The molecule has 17 heavy (non-hydrogen) atoms. The summed E-state index contributed by atoms with van der Waals surface area (Å²) in [6.45, 7) is 4.71. The fraction of sp³-hybridized carbons (Fsp3) is 0.462. The van der Waals surface area contributed by atoms with Crippen LogP contribution in [0.2, 0.25) is 0 Å². The fourth-order valence-corrected chi connectivity index (χ4v) is 1.61. The molecule has 1 heterocycles. The summed E-state index contributed by atoms with van der Waals surface area (Å²) in [6, 6.07) is 9.96. The van der Waals surface area contributed by atoms with Gasteiger partial charge in [-0.15, -0.1) is 0 Å². The van der Waals surface area contributed by atoms with Crippen molar-refractivity contribution < 1.29 is 9.53 Å². The second kappa shape index (κ2) is 7.12. The zero-order valence-electron chi connectivity index (χ0n) is 10.3. The zero-order valence-corrected chi connectivity index (χ0v) is 10.3. The van der Waals surface area contributed by atoms with Crippen molar-refractivity contribution in [2.24, 2.45) is 0 Å². The first-order valence-corrected chi connectivity index (χ1v) is 5.97. The van der Waals surface area contributed by atoms with Gasteiger partial charge in [0.25, 0.3) is 0 Å². The van der Waals surface area contributed by atoms with E-state index in [0.717, 1.165) is 6.42 Å². The highest BCUT2D eigenvalue weighted by molar-refractivity contribution is 6.57. The van der Waals surface area contributed by atoms with Crippen LogP contribution >= 0.6 is 0 Å². The largest absolute Gasteiger partial charge is 0.371 e. The Bertz CT molecular complexity index is 339. The van der Waals surface area contributed by atoms with Crippen LogP contribution in [-0.4, -0.2) is 32.4 Å². The molecule has 1 aliphatic rings. The number of carbonyl (C=O) groups is 1. The standard InChI is InChI=1S/C11H12BNO2.C2H6/c12-11(14)13-9(10-7-15-10)6-8-4-2-1-3-5-8;1-2/h1-5,9-10H,6-7H2,(H,13,14);1-2H3/t9?,10-;/m1./s1. The van der Waals surface area contributed by atoms with E-state index in [4.69, 9.17) is 12.6 Å². The zero-order chi connectivity index (χ0) is 12.7. The van der Waals surface area contributed by atoms with Crippen LogP contribution in [0, 0.1) is 0 Å². The number of ether oxygens (including phenoxy) is 1. The summed E-state index contributed by atoms with van der Waals surface area (Å²) in [6.07, 6.45) is 0.881. The number of hydrogen-bond acceptors (Lipinski definition) is 2. The average molecular weight is 231 g/mol. The molecule has 2 rings (SSSR count). The summed E-state index contributed by atoms with van der Waals surface area (Å²) in [5, 5.41) is 2.70. The Balaban J connectivity index is 0.000000686. The first-order chi connectivity index (χ1) is 8.25. The highest BCUT2D eigenvalue weighted by atomic mass is 16.6. The van der Waals surface area contributed by atoms with E-state index in [1.165, 1.54) is 5.56 Å². The first kappa shape index (κ1) is 13.8. The van der Waals surface area contributed by atoms with E-state index >= 15 is 0 Å². The number of benzene rings is 1. The Morgan fingerprint density at radius 1 is 1.47 bits per heavy atom. The lowest BCUT2D eigenvalue weighted by molar-refractivity contribution is 0.251. The molecule has 2 radical (unpaired) electrons. The van der Waals surface area contributed by atoms with Crippen molar-refractivity contribution in [3.05, 3.63) is 35.9 Å². The van der Waals surface area contributed by atoms with Crippen LogP contribution in [0.1, 0.15) is 19.4 Å². The Morgan fingerprint density at radius 2 is 2.06 bits per heavy atom. The Morgan fingerprint density at radius 3 is 2.53 bits per heavy atom. The van der Waals surface area contributed by atoms with Gasteiger partial charge in [0.1, 0.15) is 6.10 Å². The molecule has 1 fully saturated rings. The van der Waals surface area contributed by atoms with Crippen LogP contribution in [0.3, 0.4) is 0 Å². The van der Waals surface area contributed by atoms with Gasteiger partial charge in [-0.05, 0) is 12.0 Å². The van der Waals surface area contributed by atoms with Crippen LogP contribution in [0.4, 0.5) is 4.79 Å². The lowest BCUT2D eigenvalue weighted by Crippen LogP contribution is -2.39. The lowest BCUT2D eigenvalue weighted by Gasteiger charge is -2.15. The molecule has 1 amide bonds. The van der Waals surface area contributed by atoms with Gasteiger partial charge in [0.05, 0.1) is 12.6 Å². The van der Waals surface area contributed by atoms with Crippen molar-refractivity contribution in [3.8, 4) is 0 Å². The monoisotopic (exact) mass is 231 g/mol. The molecule has 1 N–H and O–H groups in total. The van der Waals surface area contributed by atoms with Crippen molar-refractivity contribution in [1.82, 2.24) is 5.32 Å². The minimum Gasteiger partial charge on any atom is -0.371 e. The maximum absolute atomic E-state index is 10.8. The van der Waals surface area contributed by atoms with Crippen molar-refractivity contribution in [1.29, 1.82) is 0 Å². The van der Waals surface area contributed by atoms with Gasteiger partial charge in [-0.25, -0.2) is 0 Å². The van der Waals surface area contributed by atoms with E-state index in [2.05, 4.69) is 5.32 Å². The van der Waals surface area contributed by atoms with Gasteiger partial charge in [-0.1, -0.05) is 44.2 Å². The quantitative estimate of drug-likeness (QED) is 0.635. The van der Waals surface area contributed by atoms with E-state index < -0.39 is 5.81 Å².